The molecule has 0 aliphatic carbocycles. The molecule has 0 spiro atoms. The second-order valence-corrected chi connectivity index (χ2v) is 1.55. The molecule has 0 saturated heterocycles. The van der Waals surface area contributed by atoms with Gasteiger partial charge >= 0.3 is 0 Å². The zero-order valence-electron chi connectivity index (χ0n) is 7.42. The predicted molar refractivity (Wildman–Crippen MR) is 38.1 cm³/mol. The van der Waals surface area contributed by atoms with E-state index in [0.717, 1.165) is 0 Å². The molecule has 0 aliphatic heterocycles. The van der Waals surface area contributed by atoms with E-state index in [1.807, 2.05) is 20.8 Å². The molecule has 0 amide bonds. The van der Waals surface area contributed by atoms with Crippen molar-refractivity contribution in [1.29, 1.82) is 0 Å². The van der Waals surface area contributed by atoms with Gasteiger partial charge in [0.2, 0.25) is 0 Å². The molecule has 0 saturated carbocycles. The molecule has 0 heterocycles. The number of ether oxygens (including phenoxy) is 3. The van der Waals surface area contributed by atoms with Gasteiger partial charge in [-0.05, 0) is 20.8 Å². The van der Waals surface area contributed by atoms with Gasteiger partial charge in [-0.1, -0.05) is 0 Å². The molecule has 0 atom stereocenters. The van der Waals surface area contributed by atoms with Crippen LogP contribution >= 0.6 is 0 Å². The van der Waals surface area contributed by atoms with E-state index in [1.54, 1.807) is 0 Å². The summed E-state index contributed by atoms with van der Waals surface area (Å²) in [5.74, 6) is 0. The van der Waals surface area contributed by atoms with E-state index >= 15 is 0 Å². The molecule has 0 rings (SSSR count). The van der Waals surface area contributed by atoms with E-state index < -0.39 is 0 Å². The average Bonchev–Trinajstić information content (AvgIpc) is 1.90. The molecule has 0 bridgehead atoms. The summed E-state index contributed by atoms with van der Waals surface area (Å²) >= 11 is 0. The largest absolute Gasteiger partial charge is 0.496 e. The van der Waals surface area contributed by atoms with Crippen LogP contribution in [0.3, 0.4) is 0 Å². The summed E-state index contributed by atoms with van der Waals surface area (Å²) < 4.78 is 15.0. The minimum absolute atomic E-state index is 0. The molecule has 0 aliphatic rings. The van der Waals surface area contributed by atoms with Crippen molar-refractivity contribution < 1.29 is 46.9 Å². The Kier molecular flexibility index (Phi) is 14.5. The minimum atomic E-state index is 0. The van der Waals surface area contributed by atoms with Crippen molar-refractivity contribution in [1.82, 2.24) is 0 Å². The van der Waals surface area contributed by atoms with Crippen molar-refractivity contribution in [3.05, 3.63) is 6.48 Å². The van der Waals surface area contributed by atoms with Crippen LogP contribution in [0.1, 0.15) is 20.8 Å². The first kappa shape index (κ1) is 14.5. The van der Waals surface area contributed by atoms with E-state index in [2.05, 4.69) is 0 Å². The molecule has 0 N–H and O–H groups in total. The smallest absolute Gasteiger partial charge is 0.0375 e. The zero-order valence-corrected chi connectivity index (χ0v) is 10.3. The van der Waals surface area contributed by atoms with Crippen molar-refractivity contribution in [2.75, 3.05) is 19.8 Å². The maximum atomic E-state index is 5.00. The van der Waals surface area contributed by atoms with Gasteiger partial charge in [0, 0.05) is 59.0 Å². The van der Waals surface area contributed by atoms with Crippen LogP contribution in [0.15, 0.2) is 0 Å². The molecule has 0 unspecified atom stereocenters. The van der Waals surface area contributed by atoms with Crippen molar-refractivity contribution in [2.24, 2.45) is 0 Å². The van der Waals surface area contributed by atoms with Crippen molar-refractivity contribution in [3.8, 4) is 0 Å². The first-order valence-electron chi connectivity index (χ1n) is 3.60. The van der Waals surface area contributed by atoms with Crippen LogP contribution in [0, 0.1) is 6.48 Å². The molecule has 11 heavy (non-hydrogen) atoms. The summed E-state index contributed by atoms with van der Waals surface area (Å²) in [5, 5.41) is 0. The number of hydrogen-bond acceptors (Lipinski definition) is 3. The third-order valence-corrected chi connectivity index (χ3v) is 0.787. The molecular weight excluding hydrogens is 221 g/mol. The Morgan fingerprint density at radius 2 is 1.09 bits per heavy atom. The van der Waals surface area contributed by atoms with E-state index in [9.17, 15) is 0 Å². The molecule has 65 valence electrons. The van der Waals surface area contributed by atoms with Crippen LogP contribution in [0.2, 0.25) is 0 Å². The SMILES string of the molecule is CCO[C-](OCC)OCC.[Y]. The first-order chi connectivity index (χ1) is 4.85. The number of rotatable bonds is 6. The molecule has 0 fully saturated rings. The van der Waals surface area contributed by atoms with E-state index in [0.29, 0.717) is 19.8 Å². The van der Waals surface area contributed by atoms with Gasteiger partial charge in [0.15, 0.2) is 0 Å². The monoisotopic (exact) mass is 236 g/mol. The summed E-state index contributed by atoms with van der Waals surface area (Å²) in [6.45, 7) is 7.68. The fourth-order valence-corrected chi connectivity index (χ4v) is 0.479. The standard InChI is InChI=1S/C7H15O3.Y/c1-4-8-7(9-5-2)10-6-3;/h4-6H2,1-3H3;/q-1;. The van der Waals surface area contributed by atoms with Gasteiger partial charge in [-0.25, -0.2) is 0 Å². The minimum Gasteiger partial charge on any atom is -0.496 e. The number of hydrogen-bond donors (Lipinski definition) is 0. The Morgan fingerprint density at radius 1 is 0.818 bits per heavy atom. The second-order valence-electron chi connectivity index (χ2n) is 1.55. The van der Waals surface area contributed by atoms with Gasteiger partial charge in [0.1, 0.15) is 0 Å². The Hall–Kier alpha value is 0.984. The molecule has 3 nitrogen and oxygen atoms in total. The maximum absolute atomic E-state index is 5.00. The summed E-state index contributed by atoms with van der Waals surface area (Å²) in [7, 11) is 0. The Labute approximate surface area is 93.7 Å². The fourth-order valence-electron chi connectivity index (χ4n) is 0.479. The third-order valence-electron chi connectivity index (χ3n) is 0.787. The quantitative estimate of drug-likeness (QED) is 0.654. The molecule has 0 aromatic rings. The van der Waals surface area contributed by atoms with Gasteiger partial charge < -0.3 is 14.2 Å². The summed E-state index contributed by atoms with van der Waals surface area (Å²) in [5.41, 5.74) is 0. The van der Waals surface area contributed by atoms with Gasteiger partial charge in [-0.15, -0.1) is 0 Å². The fraction of sp³-hybridized carbons (Fsp3) is 0.857. The Bertz CT molecular complexity index is 56.4. The van der Waals surface area contributed by atoms with Crippen molar-refractivity contribution >= 4 is 0 Å². The van der Waals surface area contributed by atoms with Crippen LogP contribution in [-0.4, -0.2) is 19.8 Å². The van der Waals surface area contributed by atoms with Gasteiger partial charge in [0.05, 0.1) is 0 Å². The van der Waals surface area contributed by atoms with E-state index in [-0.39, 0.29) is 39.2 Å². The van der Waals surface area contributed by atoms with Gasteiger partial charge in [0.25, 0.3) is 0 Å². The van der Waals surface area contributed by atoms with Crippen LogP contribution in [0.25, 0.3) is 0 Å². The van der Waals surface area contributed by atoms with Crippen molar-refractivity contribution in [2.45, 2.75) is 20.8 Å². The van der Waals surface area contributed by atoms with Crippen molar-refractivity contribution in [3.63, 3.8) is 0 Å². The summed E-state index contributed by atoms with van der Waals surface area (Å²) in [6, 6.07) is 0. The van der Waals surface area contributed by atoms with E-state index in [1.165, 1.54) is 0 Å². The molecule has 4 heteroatoms. The summed E-state index contributed by atoms with van der Waals surface area (Å²) in [6.07, 6.45) is 0. The van der Waals surface area contributed by atoms with Crippen LogP contribution in [0.4, 0.5) is 0 Å². The predicted octanol–water partition coefficient (Wildman–Crippen LogP) is 1.54. The Morgan fingerprint density at radius 3 is 1.27 bits per heavy atom. The first-order valence-corrected chi connectivity index (χ1v) is 3.60. The Balaban J connectivity index is 0. The summed E-state index contributed by atoms with van der Waals surface area (Å²) in [4.78, 5) is 0. The molecule has 0 aromatic heterocycles. The molecule has 0 aromatic carbocycles. The second kappa shape index (κ2) is 11.0. The van der Waals surface area contributed by atoms with Gasteiger partial charge in [-0.2, -0.15) is 0 Å². The molecule has 1 radical (unpaired) electrons. The topological polar surface area (TPSA) is 27.7 Å². The van der Waals surface area contributed by atoms with Crippen LogP contribution < -0.4 is 0 Å². The third kappa shape index (κ3) is 8.89. The van der Waals surface area contributed by atoms with Crippen LogP contribution in [0.5, 0.6) is 0 Å². The average molecular weight is 236 g/mol. The van der Waals surface area contributed by atoms with E-state index in [4.69, 9.17) is 14.2 Å². The van der Waals surface area contributed by atoms with Gasteiger partial charge in [-0.3, -0.25) is 0 Å². The zero-order chi connectivity index (χ0) is 7.82. The normalized spacial score (nSPS) is 9.82. The molecular formula is C7H15O3Y-. The maximum Gasteiger partial charge on any atom is 0.0375 e. The van der Waals surface area contributed by atoms with Crippen LogP contribution in [-0.2, 0) is 46.9 Å².